The fourth-order valence-electron chi connectivity index (χ4n) is 6.41. The number of nitrogens with two attached hydrogens (primary N) is 1. The molecule has 0 spiro atoms. The number of carbonyl (C=O) groups excluding carboxylic acids is 3. The van der Waals surface area contributed by atoms with Gasteiger partial charge in [0.05, 0.1) is 6.10 Å². The smallest absolute Gasteiger partial charge is 0.250 e. The number of fused-ring (bicyclic) bond motifs is 1. The Balaban J connectivity index is 1.40. The highest BCUT2D eigenvalue weighted by Gasteiger charge is 2.43. The predicted octanol–water partition coefficient (Wildman–Crippen LogP) is 5.18. The summed E-state index contributed by atoms with van der Waals surface area (Å²) in [5.74, 6) is -1.19. The van der Waals surface area contributed by atoms with Crippen LogP contribution in [0, 0.1) is 0 Å². The van der Waals surface area contributed by atoms with Crippen molar-refractivity contribution < 1.29 is 19.5 Å². The number of hydrogen-bond acceptors (Lipinski definition) is 5. The molecule has 0 radical (unpaired) electrons. The molecular formula is C37H41ClN4O4. The maximum absolute atomic E-state index is 14.6. The second-order valence-electron chi connectivity index (χ2n) is 12.0. The van der Waals surface area contributed by atoms with Gasteiger partial charge in [-0.05, 0) is 59.9 Å². The molecule has 4 N–H and O–H groups in total. The van der Waals surface area contributed by atoms with Crippen molar-refractivity contribution in [2.45, 2.75) is 63.4 Å². The van der Waals surface area contributed by atoms with Gasteiger partial charge in [-0.1, -0.05) is 96.5 Å². The highest BCUT2D eigenvalue weighted by molar-refractivity contribution is 6.30. The first-order valence-corrected chi connectivity index (χ1v) is 16.1. The number of aliphatic hydroxyl groups is 1. The number of nitrogens with one attached hydrogen (secondary N) is 1. The van der Waals surface area contributed by atoms with Crippen LogP contribution in [0.2, 0.25) is 5.02 Å². The fourth-order valence-corrected chi connectivity index (χ4v) is 6.61. The molecule has 1 heterocycles. The van der Waals surface area contributed by atoms with Gasteiger partial charge in [-0.25, -0.2) is 0 Å². The number of aliphatic hydroxyl groups excluding tert-OH is 1. The summed E-state index contributed by atoms with van der Waals surface area (Å²) >= 11 is 6.39. The van der Waals surface area contributed by atoms with E-state index >= 15 is 0 Å². The lowest BCUT2D eigenvalue weighted by Crippen LogP contribution is -2.52. The van der Waals surface area contributed by atoms with E-state index in [-0.39, 0.29) is 43.3 Å². The normalized spacial score (nSPS) is 19.0. The summed E-state index contributed by atoms with van der Waals surface area (Å²) < 4.78 is 0. The third-order valence-electron chi connectivity index (χ3n) is 8.93. The highest BCUT2D eigenvalue weighted by Crippen LogP contribution is 2.33. The Morgan fingerprint density at radius 1 is 1.00 bits per heavy atom. The molecule has 46 heavy (non-hydrogen) atoms. The minimum atomic E-state index is -0.995. The van der Waals surface area contributed by atoms with Crippen molar-refractivity contribution in [2.24, 2.45) is 5.73 Å². The average Bonchev–Trinajstić information content (AvgIpc) is 3.18. The summed E-state index contributed by atoms with van der Waals surface area (Å²) in [6, 6.07) is 27.6. The van der Waals surface area contributed by atoms with Gasteiger partial charge in [0.1, 0.15) is 12.1 Å². The van der Waals surface area contributed by atoms with Crippen LogP contribution in [0.1, 0.15) is 55.5 Å². The van der Waals surface area contributed by atoms with Gasteiger partial charge in [-0.15, -0.1) is 0 Å². The fraction of sp³-hybridized carbons (Fsp3) is 0.324. The van der Waals surface area contributed by atoms with Crippen LogP contribution in [0.15, 0.2) is 97.1 Å². The van der Waals surface area contributed by atoms with Crippen LogP contribution in [-0.4, -0.2) is 63.8 Å². The quantitative estimate of drug-likeness (QED) is 0.209. The standard InChI is InChI=1S/C37H41ClN4O4/c1-24-19-21-41(32(36(39)45)23-28-14-8-13-26-10-6-7-17-31(26)28)37(46)34(29-15-9-16-30(38)22-29)42(24)33(43)18-20-40-25(2)35(44)27-11-4-3-5-12-27/h3-17,22,24-25,32,34-35,40,44H,18-21,23H2,1-2H3,(H2,39,45)/t24?,25-,32-,34?,35-/m1/s1. The van der Waals surface area contributed by atoms with Crippen molar-refractivity contribution in [1.82, 2.24) is 15.1 Å². The van der Waals surface area contributed by atoms with Crippen molar-refractivity contribution in [3.63, 3.8) is 0 Å². The van der Waals surface area contributed by atoms with Crippen LogP contribution in [0.4, 0.5) is 0 Å². The van der Waals surface area contributed by atoms with Crippen molar-refractivity contribution in [3.8, 4) is 0 Å². The van der Waals surface area contributed by atoms with Gasteiger partial charge in [0, 0.05) is 43.0 Å². The zero-order chi connectivity index (χ0) is 32.8. The number of primary amides is 1. The minimum Gasteiger partial charge on any atom is -0.387 e. The first-order chi connectivity index (χ1) is 22.2. The second-order valence-corrected chi connectivity index (χ2v) is 12.5. The number of amides is 3. The molecule has 5 rings (SSSR count). The largest absolute Gasteiger partial charge is 0.387 e. The molecule has 4 aromatic carbocycles. The van der Waals surface area contributed by atoms with Crippen LogP contribution >= 0.6 is 11.6 Å². The van der Waals surface area contributed by atoms with E-state index < -0.39 is 24.1 Å². The third-order valence-corrected chi connectivity index (χ3v) is 9.16. The third kappa shape index (κ3) is 7.41. The highest BCUT2D eigenvalue weighted by atomic mass is 35.5. The maximum Gasteiger partial charge on any atom is 0.250 e. The van der Waals surface area contributed by atoms with E-state index in [2.05, 4.69) is 5.32 Å². The van der Waals surface area contributed by atoms with E-state index in [4.69, 9.17) is 17.3 Å². The van der Waals surface area contributed by atoms with Crippen LogP contribution in [-0.2, 0) is 20.8 Å². The number of carbonyl (C=O) groups is 3. The molecule has 1 saturated heterocycles. The molecule has 1 aliphatic heterocycles. The van der Waals surface area contributed by atoms with Crippen molar-refractivity contribution in [2.75, 3.05) is 13.1 Å². The number of benzene rings is 4. The van der Waals surface area contributed by atoms with Gasteiger partial charge >= 0.3 is 0 Å². The minimum absolute atomic E-state index is 0.107. The van der Waals surface area contributed by atoms with Crippen molar-refractivity contribution >= 4 is 40.1 Å². The zero-order valence-corrected chi connectivity index (χ0v) is 26.9. The first kappa shape index (κ1) is 33.1. The molecule has 0 bridgehead atoms. The average molecular weight is 641 g/mol. The molecular weight excluding hydrogens is 600 g/mol. The monoisotopic (exact) mass is 640 g/mol. The van der Waals surface area contributed by atoms with E-state index in [9.17, 15) is 19.5 Å². The second kappa shape index (κ2) is 14.9. The molecule has 0 aliphatic carbocycles. The van der Waals surface area contributed by atoms with Crippen molar-refractivity contribution in [1.29, 1.82) is 0 Å². The summed E-state index contributed by atoms with van der Waals surface area (Å²) in [5.41, 5.74) is 8.28. The Kier molecular flexibility index (Phi) is 10.7. The Labute approximate surface area is 275 Å². The van der Waals surface area contributed by atoms with E-state index in [1.165, 1.54) is 0 Å². The van der Waals surface area contributed by atoms with Crippen LogP contribution in [0.5, 0.6) is 0 Å². The maximum atomic E-state index is 14.6. The predicted molar refractivity (Wildman–Crippen MR) is 181 cm³/mol. The summed E-state index contributed by atoms with van der Waals surface area (Å²) in [6.07, 6.45) is 0.0777. The van der Waals surface area contributed by atoms with E-state index in [0.717, 1.165) is 21.9 Å². The van der Waals surface area contributed by atoms with Gasteiger partial charge in [-0.2, -0.15) is 0 Å². The van der Waals surface area contributed by atoms with Gasteiger partial charge in [0.2, 0.25) is 11.8 Å². The molecule has 5 atom stereocenters. The molecule has 9 heteroatoms. The van der Waals surface area contributed by atoms with Gasteiger partial charge in [0.15, 0.2) is 0 Å². The lowest BCUT2D eigenvalue weighted by atomic mass is 9.96. The van der Waals surface area contributed by atoms with Crippen LogP contribution in [0.3, 0.4) is 0 Å². The molecule has 1 aliphatic rings. The summed E-state index contributed by atoms with van der Waals surface area (Å²) in [5, 5.41) is 16.5. The van der Waals surface area contributed by atoms with Crippen molar-refractivity contribution in [3.05, 3.63) is 119 Å². The van der Waals surface area contributed by atoms with Crippen LogP contribution in [0.25, 0.3) is 10.8 Å². The molecule has 4 aromatic rings. The summed E-state index contributed by atoms with van der Waals surface area (Å²) in [4.78, 5) is 44.8. The summed E-state index contributed by atoms with van der Waals surface area (Å²) in [7, 11) is 0. The molecule has 0 aromatic heterocycles. The Bertz CT molecular complexity index is 1680. The van der Waals surface area contributed by atoms with Crippen LogP contribution < -0.4 is 11.1 Å². The Morgan fingerprint density at radius 3 is 2.43 bits per heavy atom. The number of halogens is 1. The Morgan fingerprint density at radius 2 is 1.70 bits per heavy atom. The molecule has 8 nitrogen and oxygen atoms in total. The van der Waals surface area contributed by atoms with Gasteiger partial charge < -0.3 is 26.0 Å². The number of rotatable bonds is 11. The van der Waals surface area contributed by atoms with E-state index in [1.807, 2.05) is 86.6 Å². The van der Waals surface area contributed by atoms with Gasteiger partial charge in [-0.3, -0.25) is 14.4 Å². The topological polar surface area (TPSA) is 116 Å². The zero-order valence-electron chi connectivity index (χ0n) is 26.2. The van der Waals surface area contributed by atoms with E-state index in [0.29, 0.717) is 23.6 Å². The molecule has 240 valence electrons. The molecule has 0 saturated carbocycles. The summed E-state index contributed by atoms with van der Waals surface area (Å²) in [6.45, 7) is 4.36. The lowest BCUT2D eigenvalue weighted by Gasteiger charge is -2.36. The SMILES string of the molecule is CC1CCN([C@H](Cc2cccc3ccccc23)C(N)=O)C(=O)C(c2cccc(Cl)c2)N1C(=O)CCN[C@H](C)[C@@H](O)c1ccccc1. The Hall–Kier alpha value is -4.24. The van der Waals surface area contributed by atoms with E-state index in [1.54, 1.807) is 34.1 Å². The first-order valence-electron chi connectivity index (χ1n) is 15.7. The lowest BCUT2D eigenvalue weighted by molar-refractivity contribution is -0.148. The van der Waals surface area contributed by atoms with Gasteiger partial charge in [0.25, 0.3) is 5.91 Å². The number of nitrogens with zero attached hydrogens (tertiary/aromatic N) is 2. The molecule has 3 amide bonds. The molecule has 2 unspecified atom stereocenters. The molecule has 1 fully saturated rings. The number of hydrogen-bond donors (Lipinski definition) is 3.